The lowest BCUT2D eigenvalue weighted by molar-refractivity contribution is -0.170. The van der Waals surface area contributed by atoms with Crippen molar-refractivity contribution in [2.75, 3.05) is 20.3 Å². The number of carbonyl (C=O) groups is 1. The summed E-state index contributed by atoms with van der Waals surface area (Å²) >= 11 is 0. The van der Waals surface area contributed by atoms with Crippen LogP contribution in [0.3, 0.4) is 0 Å². The molecular formula is C19H30O4. The molecule has 0 saturated heterocycles. The Kier molecular flexibility index (Phi) is 9.76. The Morgan fingerprint density at radius 1 is 1.09 bits per heavy atom. The van der Waals surface area contributed by atoms with Crippen molar-refractivity contribution in [3.05, 3.63) is 35.9 Å². The summed E-state index contributed by atoms with van der Waals surface area (Å²) < 4.78 is 16.5. The number of Topliss-reactive ketones (excluding diaryl/α,β-unsaturated/α-hetero) is 1. The number of benzene rings is 1. The van der Waals surface area contributed by atoms with Gasteiger partial charge in [-0.1, -0.05) is 44.2 Å². The minimum atomic E-state index is -0.342. The average Bonchev–Trinajstić information content (AvgIpc) is 2.53. The van der Waals surface area contributed by atoms with Gasteiger partial charge in [0.1, 0.15) is 5.78 Å². The molecule has 2 unspecified atom stereocenters. The highest BCUT2D eigenvalue weighted by Gasteiger charge is 2.19. The van der Waals surface area contributed by atoms with E-state index in [0.717, 1.165) is 12.8 Å². The van der Waals surface area contributed by atoms with Crippen molar-refractivity contribution in [2.24, 2.45) is 5.92 Å². The standard InChI is InChI=1S/C19H30O4/c1-15(2)19(20)14-18(23-16(3)22-13-12-21-4)11-10-17-8-6-5-7-9-17/h5-9,15-16,18H,10-14H2,1-4H3. The van der Waals surface area contributed by atoms with Crippen molar-refractivity contribution in [1.29, 1.82) is 0 Å². The summed E-state index contributed by atoms with van der Waals surface area (Å²) in [5, 5.41) is 0. The van der Waals surface area contributed by atoms with Crippen LogP contribution in [0.2, 0.25) is 0 Å². The Balaban J connectivity index is 2.52. The van der Waals surface area contributed by atoms with E-state index in [1.54, 1.807) is 7.11 Å². The molecule has 4 heteroatoms. The number of carbonyl (C=O) groups excluding carboxylic acids is 1. The second-order valence-electron chi connectivity index (χ2n) is 6.04. The first-order valence-electron chi connectivity index (χ1n) is 8.35. The predicted octanol–water partition coefficient (Wildman–Crippen LogP) is 3.63. The zero-order chi connectivity index (χ0) is 17.1. The van der Waals surface area contributed by atoms with Gasteiger partial charge < -0.3 is 14.2 Å². The SMILES string of the molecule is COCCOC(C)OC(CCc1ccccc1)CC(=O)C(C)C. The second kappa shape index (κ2) is 11.3. The van der Waals surface area contributed by atoms with Gasteiger partial charge in [-0.3, -0.25) is 4.79 Å². The molecule has 0 amide bonds. The van der Waals surface area contributed by atoms with Crippen molar-refractivity contribution >= 4 is 5.78 Å². The number of methoxy groups -OCH3 is 1. The van der Waals surface area contributed by atoms with Gasteiger partial charge in [-0.05, 0) is 25.3 Å². The number of ether oxygens (including phenoxy) is 3. The van der Waals surface area contributed by atoms with E-state index in [1.165, 1.54) is 5.56 Å². The van der Waals surface area contributed by atoms with Gasteiger partial charge in [0.05, 0.1) is 19.3 Å². The summed E-state index contributed by atoms with van der Waals surface area (Å²) in [6.45, 7) is 6.74. The van der Waals surface area contributed by atoms with Gasteiger partial charge in [0, 0.05) is 19.4 Å². The van der Waals surface area contributed by atoms with Crippen LogP contribution >= 0.6 is 0 Å². The Labute approximate surface area is 140 Å². The van der Waals surface area contributed by atoms with Gasteiger partial charge in [-0.25, -0.2) is 0 Å². The maximum absolute atomic E-state index is 12.1. The van der Waals surface area contributed by atoms with Gasteiger partial charge in [-0.15, -0.1) is 0 Å². The van der Waals surface area contributed by atoms with Crippen LogP contribution in [0.4, 0.5) is 0 Å². The number of hydrogen-bond acceptors (Lipinski definition) is 4. The molecule has 0 radical (unpaired) electrons. The van der Waals surface area contributed by atoms with E-state index in [0.29, 0.717) is 19.6 Å². The monoisotopic (exact) mass is 322 g/mol. The molecule has 0 aliphatic rings. The quantitative estimate of drug-likeness (QED) is 0.435. The summed E-state index contributed by atoms with van der Waals surface area (Å²) in [7, 11) is 1.64. The fourth-order valence-electron chi connectivity index (χ4n) is 2.26. The third-order valence-corrected chi connectivity index (χ3v) is 3.69. The highest BCUT2D eigenvalue weighted by molar-refractivity contribution is 5.80. The molecule has 1 rings (SSSR count). The van der Waals surface area contributed by atoms with Crippen molar-refractivity contribution in [2.45, 2.75) is 52.4 Å². The number of ketones is 1. The molecule has 0 N–H and O–H groups in total. The van der Waals surface area contributed by atoms with Crippen molar-refractivity contribution in [3.8, 4) is 0 Å². The van der Waals surface area contributed by atoms with Crippen LogP contribution in [0.25, 0.3) is 0 Å². The molecule has 130 valence electrons. The summed E-state index contributed by atoms with van der Waals surface area (Å²) in [5.74, 6) is 0.259. The van der Waals surface area contributed by atoms with E-state index >= 15 is 0 Å². The van der Waals surface area contributed by atoms with E-state index in [9.17, 15) is 4.79 Å². The van der Waals surface area contributed by atoms with Crippen molar-refractivity contribution in [1.82, 2.24) is 0 Å². The normalized spacial score (nSPS) is 14.0. The molecule has 0 heterocycles. The minimum absolute atomic E-state index is 0.0301. The molecule has 23 heavy (non-hydrogen) atoms. The van der Waals surface area contributed by atoms with Crippen LogP contribution in [0.5, 0.6) is 0 Å². The molecule has 0 aromatic heterocycles. The highest BCUT2D eigenvalue weighted by atomic mass is 16.7. The molecule has 2 atom stereocenters. The fourth-order valence-corrected chi connectivity index (χ4v) is 2.26. The van der Waals surface area contributed by atoms with E-state index in [4.69, 9.17) is 14.2 Å². The molecule has 0 saturated carbocycles. The first-order chi connectivity index (χ1) is 11.0. The molecule has 1 aromatic rings. The topological polar surface area (TPSA) is 44.8 Å². The van der Waals surface area contributed by atoms with E-state index in [-0.39, 0.29) is 24.1 Å². The number of rotatable bonds is 12. The average molecular weight is 322 g/mol. The lowest BCUT2D eigenvalue weighted by Crippen LogP contribution is -2.27. The van der Waals surface area contributed by atoms with E-state index in [2.05, 4.69) is 12.1 Å². The molecule has 0 aliphatic heterocycles. The largest absolute Gasteiger partial charge is 0.382 e. The van der Waals surface area contributed by atoms with Gasteiger partial charge >= 0.3 is 0 Å². The van der Waals surface area contributed by atoms with Gasteiger partial charge in [-0.2, -0.15) is 0 Å². The molecule has 1 aromatic carbocycles. The maximum Gasteiger partial charge on any atom is 0.155 e. The highest BCUT2D eigenvalue weighted by Crippen LogP contribution is 2.15. The summed E-state index contributed by atoms with van der Waals surface area (Å²) in [4.78, 5) is 12.1. The zero-order valence-corrected chi connectivity index (χ0v) is 14.8. The first kappa shape index (κ1) is 19.8. The molecule has 4 nitrogen and oxygen atoms in total. The van der Waals surface area contributed by atoms with Crippen molar-refractivity contribution in [3.63, 3.8) is 0 Å². The van der Waals surface area contributed by atoms with Gasteiger partial charge in [0.2, 0.25) is 0 Å². The van der Waals surface area contributed by atoms with Gasteiger partial charge in [0.15, 0.2) is 6.29 Å². The van der Waals surface area contributed by atoms with E-state index in [1.807, 2.05) is 39.0 Å². The minimum Gasteiger partial charge on any atom is -0.382 e. The molecule has 0 spiro atoms. The second-order valence-corrected chi connectivity index (χ2v) is 6.04. The Morgan fingerprint density at radius 3 is 2.39 bits per heavy atom. The van der Waals surface area contributed by atoms with Gasteiger partial charge in [0.25, 0.3) is 0 Å². The van der Waals surface area contributed by atoms with Crippen LogP contribution in [0, 0.1) is 5.92 Å². The van der Waals surface area contributed by atoms with Crippen LogP contribution < -0.4 is 0 Å². The lowest BCUT2D eigenvalue weighted by atomic mass is 9.98. The molecular weight excluding hydrogens is 292 g/mol. The smallest absolute Gasteiger partial charge is 0.155 e. The third-order valence-electron chi connectivity index (χ3n) is 3.69. The van der Waals surface area contributed by atoms with Crippen LogP contribution in [-0.4, -0.2) is 38.5 Å². The number of aryl methyl sites for hydroxylation is 1. The zero-order valence-electron chi connectivity index (χ0n) is 14.8. The van der Waals surface area contributed by atoms with E-state index < -0.39 is 0 Å². The van der Waals surface area contributed by atoms with Crippen LogP contribution in [-0.2, 0) is 25.4 Å². The molecule has 0 fully saturated rings. The summed E-state index contributed by atoms with van der Waals surface area (Å²) in [6, 6.07) is 10.3. The maximum atomic E-state index is 12.1. The summed E-state index contributed by atoms with van der Waals surface area (Å²) in [5.41, 5.74) is 1.26. The Bertz CT molecular complexity index is 430. The lowest BCUT2D eigenvalue weighted by Gasteiger charge is -2.23. The first-order valence-corrected chi connectivity index (χ1v) is 8.35. The molecule has 0 bridgehead atoms. The Morgan fingerprint density at radius 2 is 1.78 bits per heavy atom. The molecule has 0 aliphatic carbocycles. The number of hydrogen-bond donors (Lipinski definition) is 0. The Hall–Kier alpha value is -1.23. The van der Waals surface area contributed by atoms with Crippen molar-refractivity contribution < 1.29 is 19.0 Å². The van der Waals surface area contributed by atoms with Crippen LogP contribution in [0.15, 0.2) is 30.3 Å². The predicted molar refractivity (Wildman–Crippen MR) is 91.4 cm³/mol. The third kappa shape index (κ3) is 8.84. The van der Waals surface area contributed by atoms with Crippen LogP contribution in [0.1, 0.15) is 39.2 Å². The fraction of sp³-hybridized carbons (Fsp3) is 0.632. The summed E-state index contributed by atoms with van der Waals surface area (Å²) in [6.07, 6.45) is 1.67.